The van der Waals surface area contributed by atoms with Gasteiger partial charge in [0.15, 0.2) is 0 Å². The van der Waals surface area contributed by atoms with Crippen LogP contribution >= 0.6 is 0 Å². The third kappa shape index (κ3) is 4.34. The topological polar surface area (TPSA) is 75.6 Å². The fourth-order valence-electron chi connectivity index (χ4n) is 3.75. The first-order chi connectivity index (χ1) is 12.2. The molecule has 1 fully saturated rings. The van der Waals surface area contributed by atoms with Gasteiger partial charge in [0.25, 0.3) is 5.91 Å². The van der Waals surface area contributed by atoms with Crippen molar-refractivity contribution in [2.75, 3.05) is 26.8 Å². The molecule has 0 radical (unpaired) electrons. The number of hydrogen-bond donors (Lipinski definition) is 2. The number of urea groups is 1. The van der Waals surface area contributed by atoms with Crippen molar-refractivity contribution in [3.05, 3.63) is 24.0 Å². The van der Waals surface area contributed by atoms with Crippen molar-refractivity contribution < 1.29 is 14.3 Å². The van der Waals surface area contributed by atoms with Crippen LogP contribution in [0.25, 0.3) is 0 Å². The van der Waals surface area contributed by atoms with Gasteiger partial charge in [-0.2, -0.15) is 0 Å². The van der Waals surface area contributed by atoms with Gasteiger partial charge >= 0.3 is 6.03 Å². The molecule has 0 bridgehead atoms. The summed E-state index contributed by atoms with van der Waals surface area (Å²) in [5, 5.41) is 6.01. The van der Waals surface area contributed by atoms with E-state index in [2.05, 4.69) is 10.6 Å². The van der Waals surface area contributed by atoms with E-state index in [9.17, 15) is 9.59 Å². The predicted octanol–water partition coefficient (Wildman–Crippen LogP) is 1.59. The maximum absolute atomic E-state index is 12.7. The number of amides is 3. The normalized spacial score (nSPS) is 21.1. The van der Waals surface area contributed by atoms with Crippen LogP contribution in [0.2, 0.25) is 0 Å². The Hall–Kier alpha value is -2.02. The Kier molecular flexibility index (Phi) is 5.96. The molecule has 138 valence electrons. The molecular weight excluding hydrogens is 320 g/mol. The summed E-state index contributed by atoms with van der Waals surface area (Å²) in [7, 11) is 1.63. The molecule has 1 aromatic heterocycles. The standard InChI is InChI=1S/C18H28N4O3/c1-25-11-10-22-15(13-21-9-5-8-16(21)17(22)23)12-19-18(24)20-14-6-3-2-4-7-14/h5,8-9,14-15H,2-4,6-7,10-13H2,1H3,(H2,19,20,24). The van der Waals surface area contributed by atoms with Crippen molar-refractivity contribution in [3.63, 3.8) is 0 Å². The molecule has 1 aromatic rings. The largest absolute Gasteiger partial charge is 0.383 e. The number of ether oxygens (including phenoxy) is 1. The van der Waals surface area contributed by atoms with Crippen LogP contribution in [0, 0.1) is 0 Å². The molecule has 2 N–H and O–H groups in total. The molecule has 0 aromatic carbocycles. The lowest BCUT2D eigenvalue weighted by atomic mass is 9.96. The Labute approximate surface area is 148 Å². The number of carbonyl (C=O) groups is 2. The molecule has 7 nitrogen and oxygen atoms in total. The molecule has 3 amide bonds. The molecule has 3 rings (SSSR count). The molecular formula is C18H28N4O3. The molecule has 2 heterocycles. The van der Waals surface area contributed by atoms with E-state index < -0.39 is 0 Å². The fourth-order valence-corrected chi connectivity index (χ4v) is 3.75. The van der Waals surface area contributed by atoms with Crippen molar-refractivity contribution in [2.45, 2.75) is 50.7 Å². The first-order valence-electron chi connectivity index (χ1n) is 9.18. The van der Waals surface area contributed by atoms with E-state index in [0.717, 1.165) is 12.8 Å². The summed E-state index contributed by atoms with van der Waals surface area (Å²) in [6, 6.07) is 3.79. The zero-order chi connectivity index (χ0) is 17.6. The zero-order valence-corrected chi connectivity index (χ0v) is 14.9. The van der Waals surface area contributed by atoms with Gasteiger partial charge in [-0.1, -0.05) is 19.3 Å². The van der Waals surface area contributed by atoms with Gasteiger partial charge in [0, 0.05) is 39.0 Å². The predicted molar refractivity (Wildman–Crippen MR) is 94.5 cm³/mol. The molecule has 2 aliphatic rings. The number of nitrogens with zero attached hydrogens (tertiary/aromatic N) is 2. The Morgan fingerprint density at radius 3 is 2.88 bits per heavy atom. The van der Waals surface area contributed by atoms with E-state index in [4.69, 9.17) is 4.74 Å². The molecule has 1 aliphatic carbocycles. The molecule has 25 heavy (non-hydrogen) atoms. The second kappa shape index (κ2) is 8.38. The highest BCUT2D eigenvalue weighted by molar-refractivity contribution is 5.93. The third-order valence-corrected chi connectivity index (χ3v) is 5.13. The minimum absolute atomic E-state index is 0.00668. The highest BCUT2D eigenvalue weighted by Gasteiger charge is 2.32. The SMILES string of the molecule is COCCN1C(=O)c2cccn2CC1CNC(=O)NC1CCCCC1. The van der Waals surface area contributed by atoms with Crippen LogP contribution in [-0.2, 0) is 11.3 Å². The molecule has 1 unspecified atom stereocenters. The highest BCUT2D eigenvalue weighted by atomic mass is 16.5. The highest BCUT2D eigenvalue weighted by Crippen LogP contribution is 2.19. The smallest absolute Gasteiger partial charge is 0.315 e. The number of fused-ring (bicyclic) bond motifs is 1. The second-order valence-electron chi connectivity index (χ2n) is 6.88. The van der Waals surface area contributed by atoms with Crippen LogP contribution in [0.15, 0.2) is 18.3 Å². The molecule has 1 atom stereocenters. The number of methoxy groups -OCH3 is 1. The zero-order valence-electron chi connectivity index (χ0n) is 14.9. The van der Waals surface area contributed by atoms with E-state index >= 15 is 0 Å². The molecule has 7 heteroatoms. The van der Waals surface area contributed by atoms with Crippen LogP contribution < -0.4 is 10.6 Å². The Morgan fingerprint density at radius 2 is 2.12 bits per heavy atom. The molecule has 0 saturated heterocycles. The van der Waals surface area contributed by atoms with Gasteiger partial charge in [-0.15, -0.1) is 0 Å². The van der Waals surface area contributed by atoms with Crippen LogP contribution in [0.1, 0.15) is 42.6 Å². The molecule has 0 spiro atoms. The summed E-state index contributed by atoms with van der Waals surface area (Å²) in [6.07, 6.45) is 7.66. The van der Waals surface area contributed by atoms with Crippen LogP contribution in [0.4, 0.5) is 4.79 Å². The Bertz CT molecular complexity index is 595. The first-order valence-corrected chi connectivity index (χ1v) is 9.18. The summed E-state index contributed by atoms with van der Waals surface area (Å²) >= 11 is 0. The number of carbonyl (C=O) groups excluding carboxylic acids is 2. The quantitative estimate of drug-likeness (QED) is 0.820. The van der Waals surface area contributed by atoms with Gasteiger partial charge < -0.3 is 24.8 Å². The van der Waals surface area contributed by atoms with Crippen LogP contribution in [-0.4, -0.2) is 60.3 Å². The van der Waals surface area contributed by atoms with Gasteiger partial charge in [0.2, 0.25) is 0 Å². The van der Waals surface area contributed by atoms with Gasteiger partial charge in [-0.25, -0.2) is 4.79 Å². The maximum Gasteiger partial charge on any atom is 0.315 e. The first kappa shape index (κ1) is 17.8. The van der Waals surface area contributed by atoms with Gasteiger partial charge in [-0.3, -0.25) is 4.79 Å². The number of aromatic nitrogens is 1. The average molecular weight is 348 g/mol. The summed E-state index contributed by atoms with van der Waals surface area (Å²) in [6.45, 7) is 2.13. The van der Waals surface area contributed by atoms with Gasteiger partial charge in [-0.05, 0) is 25.0 Å². The van der Waals surface area contributed by atoms with Crippen molar-refractivity contribution in [1.29, 1.82) is 0 Å². The summed E-state index contributed by atoms with van der Waals surface area (Å²) in [5.74, 6) is -0.00668. The number of rotatable bonds is 6. The summed E-state index contributed by atoms with van der Waals surface area (Å²) in [4.78, 5) is 26.7. The lowest BCUT2D eigenvalue weighted by Gasteiger charge is -2.36. The van der Waals surface area contributed by atoms with Crippen molar-refractivity contribution in [1.82, 2.24) is 20.1 Å². The van der Waals surface area contributed by atoms with E-state index in [-0.39, 0.29) is 24.0 Å². The van der Waals surface area contributed by atoms with E-state index in [1.807, 2.05) is 22.9 Å². The van der Waals surface area contributed by atoms with Crippen molar-refractivity contribution in [2.24, 2.45) is 0 Å². The van der Waals surface area contributed by atoms with E-state index in [0.29, 0.717) is 31.9 Å². The minimum atomic E-state index is -0.135. The molecule has 1 saturated carbocycles. The van der Waals surface area contributed by atoms with Crippen molar-refractivity contribution in [3.8, 4) is 0 Å². The second-order valence-corrected chi connectivity index (χ2v) is 6.88. The van der Waals surface area contributed by atoms with Crippen molar-refractivity contribution >= 4 is 11.9 Å². The van der Waals surface area contributed by atoms with Crippen LogP contribution in [0.3, 0.4) is 0 Å². The summed E-state index contributed by atoms with van der Waals surface area (Å²) < 4.78 is 7.09. The molecule has 1 aliphatic heterocycles. The number of hydrogen-bond acceptors (Lipinski definition) is 3. The average Bonchev–Trinajstić information content (AvgIpc) is 3.09. The van der Waals surface area contributed by atoms with E-state index in [1.165, 1.54) is 19.3 Å². The Balaban J connectivity index is 1.57. The fraction of sp³-hybridized carbons (Fsp3) is 0.667. The maximum atomic E-state index is 12.7. The Morgan fingerprint density at radius 1 is 1.32 bits per heavy atom. The lowest BCUT2D eigenvalue weighted by Crippen LogP contribution is -2.55. The van der Waals surface area contributed by atoms with Gasteiger partial charge in [0.1, 0.15) is 5.69 Å². The van der Waals surface area contributed by atoms with Gasteiger partial charge in [0.05, 0.1) is 12.6 Å². The van der Waals surface area contributed by atoms with E-state index in [1.54, 1.807) is 12.0 Å². The minimum Gasteiger partial charge on any atom is -0.383 e. The third-order valence-electron chi connectivity index (χ3n) is 5.13. The van der Waals surface area contributed by atoms with Crippen LogP contribution in [0.5, 0.6) is 0 Å². The lowest BCUT2D eigenvalue weighted by molar-refractivity contribution is 0.0513. The summed E-state index contributed by atoms with van der Waals surface area (Å²) in [5.41, 5.74) is 0.694. The monoisotopic (exact) mass is 348 g/mol. The number of nitrogens with one attached hydrogen (secondary N) is 2.